The van der Waals surface area contributed by atoms with Gasteiger partial charge in [-0.3, -0.25) is 0 Å². The van der Waals surface area contributed by atoms with Gasteiger partial charge in [0.05, 0.1) is 0 Å². The van der Waals surface area contributed by atoms with E-state index in [2.05, 4.69) is 22.4 Å². The normalized spacial score (nSPS) is 40.8. The van der Waals surface area contributed by atoms with Crippen LogP contribution in [0.5, 0.6) is 0 Å². The van der Waals surface area contributed by atoms with E-state index in [1.165, 1.54) is 31.8 Å². The molecule has 2 fully saturated rings. The Morgan fingerprint density at radius 1 is 1.30 bits per heavy atom. The maximum Gasteiger partial charge on any atom is 0.0312 e. The molecule has 2 N–H and O–H groups in total. The van der Waals surface area contributed by atoms with Crippen LogP contribution in [0.25, 0.3) is 0 Å². The number of nitrogens with one attached hydrogen (secondary N) is 2. The molecular weight excluding hydrogens is 144 g/mol. The van der Waals surface area contributed by atoms with Gasteiger partial charge in [-0.25, -0.2) is 0 Å². The minimum absolute atomic E-state index is 0.757. The van der Waals surface area contributed by atoms with Crippen LogP contribution in [0.2, 0.25) is 0 Å². The van der Waals surface area contributed by atoms with E-state index in [0.29, 0.717) is 0 Å². The van der Waals surface area contributed by atoms with Crippen molar-refractivity contribution in [3.8, 4) is 0 Å². The topological polar surface area (TPSA) is 24.1 Å². The number of hydrogen-bond acceptors (Lipinski definition) is 3. The van der Waals surface area contributed by atoms with Gasteiger partial charge in [-0.05, 0) is 13.0 Å². The van der Waals surface area contributed by atoms with Crippen molar-refractivity contribution in [1.29, 1.82) is 0 Å². The second-order valence-electron chi connectivity index (χ2n) is 2.96. The first-order chi connectivity index (χ1) is 4.97. The van der Waals surface area contributed by atoms with Crippen LogP contribution in [0.4, 0.5) is 0 Å². The molecule has 10 heavy (non-hydrogen) atoms. The average Bonchev–Trinajstić information content (AvgIpc) is 2.05. The molecule has 0 aromatic carbocycles. The third-order valence-electron chi connectivity index (χ3n) is 2.26. The summed E-state index contributed by atoms with van der Waals surface area (Å²) in [5, 5.41) is 7.84. The van der Waals surface area contributed by atoms with E-state index in [1.54, 1.807) is 0 Å². The first kappa shape index (κ1) is 6.95. The largest absolute Gasteiger partial charge is 0.315 e. The van der Waals surface area contributed by atoms with E-state index in [1.807, 2.05) is 0 Å². The molecular formula is C7H14N2S. The fourth-order valence-corrected chi connectivity index (χ4v) is 2.94. The molecule has 2 nitrogen and oxygen atoms in total. The summed E-state index contributed by atoms with van der Waals surface area (Å²) in [5.41, 5.74) is 0. The van der Waals surface area contributed by atoms with Crippen molar-refractivity contribution in [3.05, 3.63) is 0 Å². The fourth-order valence-electron chi connectivity index (χ4n) is 1.69. The molecule has 2 atom stereocenters. The van der Waals surface area contributed by atoms with Crippen LogP contribution < -0.4 is 10.6 Å². The Morgan fingerprint density at radius 2 is 2.30 bits per heavy atom. The van der Waals surface area contributed by atoms with Crippen LogP contribution in [-0.2, 0) is 0 Å². The van der Waals surface area contributed by atoms with Gasteiger partial charge < -0.3 is 10.6 Å². The number of piperidine rings is 1. The number of rotatable bonds is 0. The second kappa shape index (κ2) is 3.11. The summed E-state index contributed by atoms with van der Waals surface area (Å²) < 4.78 is 0. The third kappa shape index (κ3) is 1.31. The Balaban J connectivity index is 1.93. The lowest BCUT2D eigenvalue weighted by Crippen LogP contribution is -2.53. The zero-order chi connectivity index (χ0) is 6.81. The maximum absolute atomic E-state index is 3.54. The van der Waals surface area contributed by atoms with Crippen molar-refractivity contribution in [2.45, 2.75) is 17.7 Å². The summed E-state index contributed by atoms with van der Waals surface area (Å²) in [5.74, 6) is 1.31. The van der Waals surface area contributed by atoms with Crippen LogP contribution in [0, 0.1) is 0 Å². The van der Waals surface area contributed by atoms with E-state index >= 15 is 0 Å². The Kier molecular flexibility index (Phi) is 2.16. The van der Waals surface area contributed by atoms with E-state index in [-0.39, 0.29) is 0 Å². The molecule has 2 unspecified atom stereocenters. The van der Waals surface area contributed by atoms with Gasteiger partial charge in [0.25, 0.3) is 0 Å². The van der Waals surface area contributed by atoms with Crippen molar-refractivity contribution < 1.29 is 0 Å². The molecule has 0 aliphatic carbocycles. The first-order valence-corrected chi connectivity index (χ1v) is 5.07. The van der Waals surface area contributed by atoms with Gasteiger partial charge >= 0.3 is 0 Å². The van der Waals surface area contributed by atoms with E-state index in [9.17, 15) is 0 Å². The molecule has 0 amide bonds. The standard InChI is InChI=1S/C7H14N2S/c1-2-8-5-6-7(1)10-4-3-9-6/h6-9H,1-5H2. The minimum atomic E-state index is 0.757. The molecule has 0 bridgehead atoms. The van der Waals surface area contributed by atoms with Gasteiger partial charge in [-0.15, -0.1) is 0 Å². The van der Waals surface area contributed by atoms with Crippen molar-refractivity contribution in [1.82, 2.24) is 10.6 Å². The Hall–Kier alpha value is 0.270. The highest BCUT2D eigenvalue weighted by Gasteiger charge is 2.27. The van der Waals surface area contributed by atoms with Crippen molar-refractivity contribution in [3.63, 3.8) is 0 Å². The smallest absolute Gasteiger partial charge is 0.0312 e. The Labute approximate surface area is 66.1 Å². The summed E-state index contributed by atoms with van der Waals surface area (Å²) in [6.45, 7) is 3.60. The van der Waals surface area contributed by atoms with E-state index in [0.717, 1.165) is 11.3 Å². The Morgan fingerprint density at radius 3 is 3.20 bits per heavy atom. The highest BCUT2D eigenvalue weighted by molar-refractivity contribution is 8.00. The molecule has 58 valence electrons. The zero-order valence-corrected chi connectivity index (χ0v) is 6.91. The molecule has 2 rings (SSSR count). The number of hydrogen-bond donors (Lipinski definition) is 2. The molecule has 0 aromatic rings. The second-order valence-corrected chi connectivity index (χ2v) is 4.31. The van der Waals surface area contributed by atoms with Crippen LogP contribution >= 0.6 is 11.8 Å². The highest BCUT2D eigenvalue weighted by Crippen LogP contribution is 2.23. The van der Waals surface area contributed by atoms with Gasteiger partial charge in [-0.1, -0.05) is 0 Å². The molecule has 0 radical (unpaired) electrons. The summed E-state index contributed by atoms with van der Waals surface area (Å²) in [7, 11) is 0. The number of fused-ring (bicyclic) bond motifs is 1. The molecule has 2 aliphatic rings. The van der Waals surface area contributed by atoms with Crippen LogP contribution in [-0.4, -0.2) is 36.7 Å². The van der Waals surface area contributed by atoms with Crippen LogP contribution in [0.15, 0.2) is 0 Å². The summed E-state index contributed by atoms with van der Waals surface area (Å²) in [6.07, 6.45) is 1.35. The fraction of sp³-hybridized carbons (Fsp3) is 1.00. The van der Waals surface area contributed by atoms with E-state index in [4.69, 9.17) is 0 Å². The van der Waals surface area contributed by atoms with Gasteiger partial charge in [0, 0.05) is 30.1 Å². The summed E-state index contributed by atoms with van der Waals surface area (Å²) >= 11 is 2.14. The van der Waals surface area contributed by atoms with Crippen molar-refractivity contribution >= 4 is 11.8 Å². The predicted molar refractivity (Wildman–Crippen MR) is 45.5 cm³/mol. The van der Waals surface area contributed by atoms with Gasteiger partial charge in [-0.2, -0.15) is 11.8 Å². The molecule has 2 aliphatic heterocycles. The molecule has 0 aromatic heterocycles. The minimum Gasteiger partial charge on any atom is -0.315 e. The Bertz CT molecular complexity index is 92.2. The lowest BCUT2D eigenvalue weighted by Gasteiger charge is -2.36. The zero-order valence-electron chi connectivity index (χ0n) is 6.10. The monoisotopic (exact) mass is 158 g/mol. The molecule has 3 heteroatoms. The van der Waals surface area contributed by atoms with Gasteiger partial charge in [0.1, 0.15) is 0 Å². The van der Waals surface area contributed by atoms with Crippen LogP contribution in [0.3, 0.4) is 0 Å². The SMILES string of the molecule is C1CC2SCCNC2CN1. The molecule has 0 spiro atoms. The molecule has 2 heterocycles. The maximum atomic E-state index is 3.54. The summed E-state index contributed by atoms with van der Waals surface area (Å²) in [6, 6.07) is 0.757. The first-order valence-electron chi connectivity index (χ1n) is 4.02. The lowest BCUT2D eigenvalue weighted by molar-refractivity contribution is 0.399. The third-order valence-corrected chi connectivity index (χ3v) is 3.69. The molecule has 2 saturated heterocycles. The number of thioether (sulfide) groups is 1. The summed E-state index contributed by atoms with van der Waals surface area (Å²) in [4.78, 5) is 0. The van der Waals surface area contributed by atoms with Crippen molar-refractivity contribution in [2.24, 2.45) is 0 Å². The quantitative estimate of drug-likeness (QED) is 0.521. The highest BCUT2D eigenvalue weighted by atomic mass is 32.2. The lowest BCUT2D eigenvalue weighted by atomic mass is 10.1. The molecule has 0 saturated carbocycles. The van der Waals surface area contributed by atoms with Crippen LogP contribution in [0.1, 0.15) is 6.42 Å². The van der Waals surface area contributed by atoms with Gasteiger partial charge in [0.2, 0.25) is 0 Å². The van der Waals surface area contributed by atoms with E-state index < -0.39 is 0 Å². The predicted octanol–water partition coefficient (Wildman–Crippen LogP) is 0.0533. The van der Waals surface area contributed by atoms with Crippen molar-refractivity contribution in [2.75, 3.05) is 25.4 Å². The van der Waals surface area contributed by atoms with Gasteiger partial charge in [0.15, 0.2) is 0 Å². The average molecular weight is 158 g/mol.